The quantitative estimate of drug-likeness (QED) is 0.520. The highest BCUT2D eigenvalue weighted by molar-refractivity contribution is 5.80. The van der Waals surface area contributed by atoms with E-state index in [1.54, 1.807) is 51.3 Å². The van der Waals surface area contributed by atoms with Crippen molar-refractivity contribution < 1.29 is 14.2 Å². The van der Waals surface area contributed by atoms with Crippen molar-refractivity contribution >= 4 is 10.9 Å². The second-order valence-electron chi connectivity index (χ2n) is 6.41. The van der Waals surface area contributed by atoms with Gasteiger partial charge in [-0.15, -0.1) is 5.10 Å². The monoisotopic (exact) mass is 392 g/mol. The van der Waals surface area contributed by atoms with Crippen LogP contribution in [0.2, 0.25) is 0 Å². The van der Waals surface area contributed by atoms with Gasteiger partial charge in [-0.2, -0.15) is 0 Å². The molecule has 4 rings (SSSR count). The Morgan fingerprint density at radius 3 is 2.28 bits per heavy atom. The van der Waals surface area contributed by atoms with Gasteiger partial charge in [-0.3, -0.25) is 4.79 Å². The highest BCUT2D eigenvalue weighted by atomic mass is 16.5. The summed E-state index contributed by atoms with van der Waals surface area (Å²) >= 11 is 0. The van der Waals surface area contributed by atoms with Crippen molar-refractivity contribution in [2.24, 2.45) is 7.05 Å². The smallest absolute Gasteiger partial charge is 0.276 e. The number of para-hydroxylation sites is 1. The van der Waals surface area contributed by atoms with Crippen LogP contribution in [0.25, 0.3) is 27.8 Å². The number of pyridine rings is 1. The van der Waals surface area contributed by atoms with Crippen molar-refractivity contribution in [1.29, 1.82) is 0 Å². The molecule has 0 N–H and O–H groups in total. The second-order valence-corrected chi connectivity index (χ2v) is 6.41. The molecule has 0 atom stereocenters. The molecule has 2 aromatic heterocycles. The minimum absolute atomic E-state index is 0.162. The average molecular weight is 392 g/mol. The summed E-state index contributed by atoms with van der Waals surface area (Å²) in [5.74, 6) is 1.52. The number of aromatic nitrogens is 4. The average Bonchev–Trinajstić information content (AvgIpc) is 3.25. The number of ether oxygens (including phenoxy) is 3. The lowest BCUT2D eigenvalue weighted by atomic mass is 10.1. The van der Waals surface area contributed by atoms with Crippen LogP contribution < -0.4 is 19.8 Å². The van der Waals surface area contributed by atoms with Crippen LogP contribution in [0.1, 0.15) is 0 Å². The number of rotatable bonds is 5. The molecule has 29 heavy (non-hydrogen) atoms. The summed E-state index contributed by atoms with van der Waals surface area (Å²) in [5, 5.41) is 9.34. The molecular weight excluding hydrogens is 372 g/mol. The molecule has 0 radical (unpaired) electrons. The fourth-order valence-corrected chi connectivity index (χ4v) is 3.31. The maximum atomic E-state index is 12.8. The molecule has 2 aromatic carbocycles. The SMILES string of the molecule is COc1cc(-c2cn(-c3cc4ccccc4n(C)c3=O)nn2)cc(OC)c1OC. The van der Waals surface area contributed by atoms with Crippen molar-refractivity contribution in [1.82, 2.24) is 19.6 Å². The van der Waals surface area contributed by atoms with Crippen molar-refractivity contribution in [3.63, 3.8) is 0 Å². The molecule has 0 amide bonds. The summed E-state index contributed by atoms with van der Waals surface area (Å²) in [7, 11) is 6.39. The molecule has 0 aliphatic carbocycles. The van der Waals surface area contributed by atoms with Gasteiger partial charge in [0.05, 0.1) is 33.0 Å². The lowest BCUT2D eigenvalue weighted by molar-refractivity contribution is 0.324. The van der Waals surface area contributed by atoms with Gasteiger partial charge in [0.1, 0.15) is 11.4 Å². The fraction of sp³-hybridized carbons (Fsp3) is 0.190. The predicted molar refractivity (Wildman–Crippen MR) is 109 cm³/mol. The summed E-state index contributed by atoms with van der Waals surface area (Å²) in [6, 6.07) is 13.1. The Labute approximate surface area is 166 Å². The Morgan fingerprint density at radius 2 is 1.62 bits per heavy atom. The number of hydrogen-bond acceptors (Lipinski definition) is 6. The van der Waals surface area contributed by atoms with E-state index in [4.69, 9.17) is 14.2 Å². The van der Waals surface area contributed by atoms with E-state index in [1.165, 1.54) is 4.68 Å². The molecule has 0 bridgehead atoms. The number of nitrogens with zero attached hydrogens (tertiary/aromatic N) is 4. The Hall–Kier alpha value is -3.81. The van der Waals surface area contributed by atoms with Gasteiger partial charge in [0.2, 0.25) is 5.75 Å². The minimum atomic E-state index is -0.162. The zero-order valence-corrected chi connectivity index (χ0v) is 16.5. The maximum absolute atomic E-state index is 12.8. The zero-order valence-electron chi connectivity index (χ0n) is 16.5. The predicted octanol–water partition coefficient (Wildman–Crippen LogP) is 2.81. The van der Waals surface area contributed by atoms with Crippen molar-refractivity contribution in [2.45, 2.75) is 0 Å². The first-order valence-electron chi connectivity index (χ1n) is 8.89. The van der Waals surface area contributed by atoms with Gasteiger partial charge in [-0.25, -0.2) is 4.68 Å². The van der Waals surface area contributed by atoms with E-state index < -0.39 is 0 Å². The first kappa shape index (κ1) is 18.5. The van der Waals surface area contributed by atoms with Crippen LogP contribution in [0, 0.1) is 0 Å². The van der Waals surface area contributed by atoms with Gasteiger partial charge >= 0.3 is 0 Å². The van der Waals surface area contributed by atoms with Gasteiger partial charge in [0.25, 0.3) is 5.56 Å². The van der Waals surface area contributed by atoms with E-state index in [-0.39, 0.29) is 5.56 Å². The van der Waals surface area contributed by atoms with Crippen LogP contribution in [0.4, 0.5) is 0 Å². The molecule has 4 aromatic rings. The number of fused-ring (bicyclic) bond motifs is 1. The van der Waals surface area contributed by atoms with E-state index in [2.05, 4.69) is 10.3 Å². The van der Waals surface area contributed by atoms with Crippen LogP contribution in [-0.2, 0) is 7.05 Å². The highest BCUT2D eigenvalue weighted by Crippen LogP contribution is 2.40. The topological polar surface area (TPSA) is 80.4 Å². The van der Waals surface area contributed by atoms with Crippen LogP contribution in [-0.4, -0.2) is 40.9 Å². The first-order valence-corrected chi connectivity index (χ1v) is 8.89. The standard InChI is InChI=1S/C21H20N4O4/c1-24-16-8-6-5-7-13(16)9-17(21(24)26)25-12-15(22-23-25)14-10-18(27-2)20(29-4)19(11-14)28-3/h5-12H,1-4H3. The van der Waals surface area contributed by atoms with Crippen LogP contribution >= 0.6 is 0 Å². The molecule has 0 fully saturated rings. The molecule has 8 nitrogen and oxygen atoms in total. The third-order valence-electron chi connectivity index (χ3n) is 4.81. The lowest BCUT2D eigenvalue weighted by Crippen LogP contribution is -2.22. The van der Waals surface area contributed by atoms with Gasteiger partial charge in [0, 0.05) is 18.0 Å². The summed E-state index contributed by atoms with van der Waals surface area (Å²) in [6.45, 7) is 0. The fourth-order valence-electron chi connectivity index (χ4n) is 3.31. The maximum Gasteiger partial charge on any atom is 0.276 e. The second kappa shape index (κ2) is 7.31. The molecule has 0 saturated carbocycles. The minimum Gasteiger partial charge on any atom is -0.493 e. The molecule has 0 aliphatic rings. The molecule has 8 heteroatoms. The van der Waals surface area contributed by atoms with Crippen LogP contribution in [0.15, 0.2) is 53.5 Å². The summed E-state index contributed by atoms with van der Waals surface area (Å²) in [5.41, 5.74) is 2.40. The molecule has 148 valence electrons. The van der Waals surface area contributed by atoms with Crippen LogP contribution in [0.3, 0.4) is 0 Å². The van der Waals surface area contributed by atoms with Crippen molar-refractivity contribution in [3.8, 4) is 34.2 Å². The molecule has 0 aliphatic heterocycles. The summed E-state index contributed by atoms with van der Waals surface area (Å²) in [6.07, 6.45) is 1.70. The molecule has 0 spiro atoms. The molecule has 0 unspecified atom stereocenters. The Balaban J connectivity index is 1.83. The number of aryl methyl sites for hydroxylation is 1. The van der Waals surface area contributed by atoms with Crippen molar-refractivity contribution in [2.75, 3.05) is 21.3 Å². The Morgan fingerprint density at radius 1 is 0.931 bits per heavy atom. The number of methoxy groups -OCH3 is 3. The van der Waals surface area contributed by atoms with Gasteiger partial charge in [0.15, 0.2) is 11.5 Å². The summed E-state index contributed by atoms with van der Waals surface area (Å²) < 4.78 is 19.2. The number of hydrogen-bond donors (Lipinski definition) is 0. The van der Waals surface area contributed by atoms with Crippen LogP contribution in [0.5, 0.6) is 17.2 Å². The summed E-state index contributed by atoms with van der Waals surface area (Å²) in [4.78, 5) is 12.8. The number of benzene rings is 2. The van der Waals surface area contributed by atoms with E-state index in [0.717, 1.165) is 16.5 Å². The van der Waals surface area contributed by atoms with Gasteiger partial charge < -0.3 is 18.8 Å². The Kier molecular flexibility index (Phi) is 4.67. The zero-order chi connectivity index (χ0) is 20.5. The largest absolute Gasteiger partial charge is 0.493 e. The van der Waals surface area contributed by atoms with Gasteiger partial charge in [-0.05, 0) is 24.3 Å². The van der Waals surface area contributed by atoms with E-state index in [0.29, 0.717) is 28.6 Å². The van der Waals surface area contributed by atoms with Crippen molar-refractivity contribution in [3.05, 3.63) is 59.0 Å². The van der Waals surface area contributed by atoms with E-state index in [1.807, 2.05) is 30.3 Å². The van der Waals surface area contributed by atoms with E-state index >= 15 is 0 Å². The molecule has 0 saturated heterocycles. The first-order chi connectivity index (χ1) is 14.1. The van der Waals surface area contributed by atoms with Gasteiger partial charge in [-0.1, -0.05) is 23.4 Å². The normalized spacial score (nSPS) is 10.9. The lowest BCUT2D eigenvalue weighted by Gasteiger charge is -2.13. The molecule has 2 heterocycles. The molecular formula is C21H20N4O4. The highest BCUT2D eigenvalue weighted by Gasteiger charge is 2.17. The third kappa shape index (κ3) is 3.08. The third-order valence-corrected chi connectivity index (χ3v) is 4.81. The van der Waals surface area contributed by atoms with E-state index in [9.17, 15) is 4.79 Å². The Bertz CT molecular complexity index is 1230.